The second-order valence-corrected chi connectivity index (χ2v) is 9.32. The molecule has 188 valence electrons. The smallest absolute Gasteiger partial charge is 0.253 e. The van der Waals surface area contributed by atoms with Crippen molar-refractivity contribution in [1.82, 2.24) is 25.1 Å². The molecule has 2 aromatic heterocycles. The highest BCUT2D eigenvalue weighted by molar-refractivity contribution is 7.22. The van der Waals surface area contributed by atoms with Crippen LogP contribution in [-0.2, 0) is 0 Å². The summed E-state index contributed by atoms with van der Waals surface area (Å²) in [6.07, 6.45) is 2.68. The van der Waals surface area contributed by atoms with Crippen LogP contribution < -0.4 is 10.6 Å². The molecule has 7 nitrogen and oxygen atoms in total. The summed E-state index contributed by atoms with van der Waals surface area (Å²) in [6.45, 7) is 6.23. The van der Waals surface area contributed by atoms with E-state index in [1.54, 1.807) is 36.5 Å². The van der Waals surface area contributed by atoms with Crippen molar-refractivity contribution in [3.05, 3.63) is 41.0 Å². The van der Waals surface area contributed by atoms with E-state index in [-0.39, 0.29) is 43.1 Å². The predicted molar refractivity (Wildman–Crippen MR) is 150 cm³/mol. The van der Waals surface area contributed by atoms with Crippen molar-refractivity contribution in [3.63, 3.8) is 0 Å². The summed E-state index contributed by atoms with van der Waals surface area (Å²) in [5.41, 5.74) is 1.38. The molecule has 12 heteroatoms. The van der Waals surface area contributed by atoms with Crippen molar-refractivity contribution >= 4 is 82.1 Å². The molecule has 34 heavy (non-hydrogen) atoms. The number of fused-ring (bicyclic) bond motifs is 1. The van der Waals surface area contributed by atoms with Crippen LogP contribution in [0.5, 0.6) is 0 Å². The van der Waals surface area contributed by atoms with Crippen LogP contribution >= 0.6 is 60.2 Å². The summed E-state index contributed by atoms with van der Waals surface area (Å²) in [5.74, 6) is 0.574. The largest absolute Gasteiger partial charge is 0.354 e. The maximum atomic E-state index is 12.3. The minimum absolute atomic E-state index is 0. The Labute approximate surface area is 227 Å². The number of aromatic nitrogens is 2. The highest BCUT2D eigenvalue weighted by atomic mass is 35.5. The molecule has 0 bridgehead atoms. The molecule has 0 saturated carbocycles. The van der Waals surface area contributed by atoms with Crippen LogP contribution in [0, 0.1) is 0 Å². The standard InChI is InChI=1S/C22H27ClN6OS.3ClH/c1-28(2)21(30)16-5-4-15-12-19(31-18(15)13-16)20-17(23)14-26-22(27-20)25-6-3-9-29-10-7-24-8-11-29;;;/h4-5,12-14,24H,3,6-11H2,1-2H3,(H,25,26,27);3*1H. The molecule has 1 amide bonds. The fourth-order valence-electron chi connectivity index (χ4n) is 3.60. The molecule has 0 spiro atoms. The highest BCUT2D eigenvalue weighted by Crippen LogP contribution is 2.36. The van der Waals surface area contributed by atoms with E-state index in [1.807, 2.05) is 18.2 Å². The minimum atomic E-state index is -0.00998. The second-order valence-electron chi connectivity index (χ2n) is 7.82. The van der Waals surface area contributed by atoms with Crippen LogP contribution in [0.2, 0.25) is 5.02 Å². The van der Waals surface area contributed by atoms with E-state index in [1.165, 1.54) is 0 Å². The summed E-state index contributed by atoms with van der Waals surface area (Å²) >= 11 is 8.00. The molecule has 0 atom stereocenters. The first-order valence-corrected chi connectivity index (χ1v) is 11.7. The summed E-state index contributed by atoms with van der Waals surface area (Å²) in [6, 6.07) is 7.81. The lowest BCUT2D eigenvalue weighted by Crippen LogP contribution is -2.44. The summed E-state index contributed by atoms with van der Waals surface area (Å²) in [5, 5.41) is 8.28. The van der Waals surface area contributed by atoms with Crippen LogP contribution in [-0.4, -0.2) is 79.0 Å². The average molecular weight is 568 g/mol. The van der Waals surface area contributed by atoms with Crippen molar-refractivity contribution < 1.29 is 4.79 Å². The van der Waals surface area contributed by atoms with Gasteiger partial charge in [-0.3, -0.25) is 4.79 Å². The van der Waals surface area contributed by atoms with Crippen LogP contribution in [0.25, 0.3) is 20.7 Å². The zero-order valence-electron chi connectivity index (χ0n) is 19.0. The summed E-state index contributed by atoms with van der Waals surface area (Å²) in [7, 11) is 3.51. The Hall–Kier alpha value is -1.39. The fraction of sp³-hybridized carbons (Fsp3) is 0.409. The maximum absolute atomic E-state index is 12.3. The third-order valence-corrected chi connectivity index (χ3v) is 6.68. The van der Waals surface area contributed by atoms with Crippen molar-refractivity contribution in [1.29, 1.82) is 0 Å². The number of hydrogen-bond acceptors (Lipinski definition) is 7. The van der Waals surface area contributed by atoms with Gasteiger partial charge in [0.05, 0.1) is 16.1 Å². The van der Waals surface area contributed by atoms with Gasteiger partial charge >= 0.3 is 0 Å². The SMILES string of the molecule is CN(C)C(=O)c1ccc2cc(-c3nc(NCCCN4CCNCC4)ncc3Cl)sc2c1.Cl.Cl.Cl. The van der Waals surface area contributed by atoms with Gasteiger partial charge in [0.1, 0.15) is 5.69 Å². The highest BCUT2D eigenvalue weighted by Gasteiger charge is 2.14. The molecule has 3 aromatic rings. The molecule has 4 rings (SSSR count). The number of halogens is 4. The van der Waals surface area contributed by atoms with E-state index < -0.39 is 0 Å². The lowest BCUT2D eigenvalue weighted by Gasteiger charge is -2.27. The van der Waals surface area contributed by atoms with Gasteiger partial charge in [0.15, 0.2) is 0 Å². The van der Waals surface area contributed by atoms with Gasteiger partial charge in [-0.15, -0.1) is 48.6 Å². The molecule has 1 saturated heterocycles. The van der Waals surface area contributed by atoms with Crippen molar-refractivity contribution in [2.75, 3.05) is 58.7 Å². The van der Waals surface area contributed by atoms with Gasteiger partial charge in [0.2, 0.25) is 5.95 Å². The normalized spacial score (nSPS) is 13.4. The number of rotatable bonds is 7. The molecule has 1 aliphatic rings. The molecule has 0 aliphatic carbocycles. The number of anilines is 1. The number of amides is 1. The first-order valence-electron chi connectivity index (χ1n) is 10.5. The zero-order valence-corrected chi connectivity index (χ0v) is 23.1. The number of carbonyl (C=O) groups excluding carboxylic acids is 1. The second kappa shape index (κ2) is 14.2. The maximum Gasteiger partial charge on any atom is 0.253 e. The van der Waals surface area contributed by atoms with Gasteiger partial charge in [-0.1, -0.05) is 17.7 Å². The number of hydrogen-bond donors (Lipinski definition) is 2. The first kappa shape index (κ1) is 30.6. The number of benzene rings is 1. The third kappa shape index (κ3) is 7.55. The van der Waals surface area contributed by atoms with Crippen LogP contribution in [0.4, 0.5) is 5.95 Å². The molecule has 1 aromatic carbocycles. The van der Waals surface area contributed by atoms with E-state index >= 15 is 0 Å². The monoisotopic (exact) mass is 566 g/mol. The molecule has 3 heterocycles. The molecule has 1 fully saturated rings. The molecule has 1 aliphatic heterocycles. The molecular weight excluding hydrogens is 538 g/mol. The first-order chi connectivity index (χ1) is 15.0. The van der Waals surface area contributed by atoms with E-state index in [0.29, 0.717) is 22.2 Å². The molecule has 2 N–H and O–H groups in total. The molecule has 0 unspecified atom stereocenters. The Kier molecular flexibility index (Phi) is 12.8. The van der Waals surface area contributed by atoms with E-state index in [9.17, 15) is 4.79 Å². The topological polar surface area (TPSA) is 73.4 Å². The Bertz CT molecular complexity index is 1070. The van der Waals surface area contributed by atoms with Gasteiger partial charge in [-0.25, -0.2) is 9.97 Å². The summed E-state index contributed by atoms with van der Waals surface area (Å²) < 4.78 is 1.03. The number of nitrogens with one attached hydrogen (secondary N) is 2. The van der Waals surface area contributed by atoms with Gasteiger partial charge in [0, 0.05) is 57.1 Å². The zero-order chi connectivity index (χ0) is 21.8. The van der Waals surface area contributed by atoms with E-state index in [0.717, 1.165) is 60.7 Å². The van der Waals surface area contributed by atoms with Gasteiger partial charge in [-0.2, -0.15) is 0 Å². The Morgan fingerprint density at radius 1 is 1.21 bits per heavy atom. The van der Waals surface area contributed by atoms with Gasteiger partial charge in [-0.05, 0) is 36.6 Å². The summed E-state index contributed by atoms with van der Waals surface area (Å²) in [4.78, 5) is 26.3. The van der Waals surface area contributed by atoms with Crippen molar-refractivity contribution in [2.45, 2.75) is 6.42 Å². The van der Waals surface area contributed by atoms with Crippen molar-refractivity contribution in [3.8, 4) is 10.6 Å². The minimum Gasteiger partial charge on any atom is -0.354 e. The van der Waals surface area contributed by atoms with Crippen LogP contribution in [0.3, 0.4) is 0 Å². The third-order valence-electron chi connectivity index (χ3n) is 5.29. The van der Waals surface area contributed by atoms with Crippen LogP contribution in [0.15, 0.2) is 30.5 Å². The van der Waals surface area contributed by atoms with E-state index in [2.05, 4.69) is 31.6 Å². The Morgan fingerprint density at radius 3 is 2.65 bits per heavy atom. The average Bonchev–Trinajstić information content (AvgIpc) is 3.21. The lowest BCUT2D eigenvalue weighted by molar-refractivity contribution is 0.0828. The molecule has 0 radical (unpaired) electrons. The van der Waals surface area contributed by atoms with E-state index in [4.69, 9.17) is 11.6 Å². The van der Waals surface area contributed by atoms with Gasteiger partial charge in [0.25, 0.3) is 5.91 Å². The molecular formula is C22H30Cl4N6OS. The number of piperazine rings is 1. The van der Waals surface area contributed by atoms with Crippen molar-refractivity contribution in [2.24, 2.45) is 0 Å². The van der Waals surface area contributed by atoms with Gasteiger partial charge < -0.3 is 20.4 Å². The number of thiophene rings is 1. The predicted octanol–water partition coefficient (Wildman–Crippen LogP) is 4.69. The number of nitrogens with zero attached hydrogens (tertiary/aromatic N) is 4. The fourth-order valence-corrected chi connectivity index (χ4v) is 4.96. The Balaban J connectivity index is 0.00000193. The number of carbonyl (C=O) groups is 1. The lowest BCUT2D eigenvalue weighted by atomic mass is 10.1. The Morgan fingerprint density at radius 2 is 1.94 bits per heavy atom. The quantitative estimate of drug-likeness (QED) is 0.404. The van der Waals surface area contributed by atoms with Crippen LogP contribution in [0.1, 0.15) is 16.8 Å².